The summed E-state index contributed by atoms with van der Waals surface area (Å²) in [4.78, 5) is 0. The predicted molar refractivity (Wildman–Crippen MR) is 56.2 cm³/mol. The van der Waals surface area contributed by atoms with Crippen LogP contribution in [0.3, 0.4) is 0 Å². The summed E-state index contributed by atoms with van der Waals surface area (Å²) in [5.74, 6) is 0. The Morgan fingerprint density at radius 3 is 2.58 bits per heavy atom. The molecule has 68 valence electrons. The zero-order valence-electron chi connectivity index (χ0n) is 7.23. The van der Waals surface area contributed by atoms with Gasteiger partial charge >= 0.3 is 0 Å². The minimum Gasteiger partial charge on any atom is -0.316 e. The molecule has 1 rings (SSSR count). The maximum absolute atomic E-state index is 5.92. The van der Waals surface area contributed by atoms with Crippen LogP contribution < -0.4 is 5.32 Å². The zero-order valence-corrected chi connectivity index (χ0v) is 8.80. The summed E-state index contributed by atoms with van der Waals surface area (Å²) in [6.07, 6.45) is 0. The van der Waals surface area contributed by atoms with Crippen molar-refractivity contribution in [3.05, 3.63) is 34.3 Å². The van der Waals surface area contributed by atoms with Crippen LogP contribution in [0.2, 0.25) is 5.02 Å². The van der Waals surface area contributed by atoms with Crippen molar-refractivity contribution in [2.24, 2.45) is 0 Å². The zero-order chi connectivity index (χ0) is 8.27. The van der Waals surface area contributed by atoms with Gasteiger partial charge in [-0.25, -0.2) is 0 Å². The average molecular weight is 206 g/mol. The van der Waals surface area contributed by atoms with Gasteiger partial charge in [0.1, 0.15) is 0 Å². The van der Waals surface area contributed by atoms with Crippen LogP contribution >= 0.6 is 24.0 Å². The van der Waals surface area contributed by atoms with Crippen LogP contribution in [0.15, 0.2) is 18.2 Å². The predicted octanol–water partition coefficient (Wildman–Crippen LogP) is 2.79. The molecular formula is C9H13Cl2N. The number of rotatable bonds is 2. The van der Waals surface area contributed by atoms with E-state index in [1.165, 1.54) is 5.56 Å². The van der Waals surface area contributed by atoms with Crippen LogP contribution in [0.25, 0.3) is 0 Å². The van der Waals surface area contributed by atoms with Gasteiger partial charge in [0.05, 0.1) is 0 Å². The monoisotopic (exact) mass is 205 g/mol. The van der Waals surface area contributed by atoms with Gasteiger partial charge in [0, 0.05) is 11.6 Å². The first-order chi connectivity index (χ1) is 5.24. The van der Waals surface area contributed by atoms with Gasteiger partial charge in [-0.2, -0.15) is 0 Å². The molecule has 0 aliphatic rings. The number of halogens is 2. The quantitative estimate of drug-likeness (QED) is 0.784. The maximum Gasteiger partial charge on any atom is 0.0438 e. The van der Waals surface area contributed by atoms with E-state index in [9.17, 15) is 0 Å². The van der Waals surface area contributed by atoms with E-state index in [-0.39, 0.29) is 12.4 Å². The fourth-order valence-corrected chi connectivity index (χ4v) is 1.15. The molecular weight excluding hydrogens is 193 g/mol. The fourth-order valence-electron chi connectivity index (χ4n) is 0.950. The van der Waals surface area contributed by atoms with E-state index in [0.717, 1.165) is 17.1 Å². The molecule has 0 aliphatic heterocycles. The Bertz CT molecular complexity index is 248. The summed E-state index contributed by atoms with van der Waals surface area (Å²) >= 11 is 5.92. The molecule has 1 aromatic rings. The molecule has 3 heteroatoms. The molecule has 0 spiro atoms. The van der Waals surface area contributed by atoms with Gasteiger partial charge < -0.3 is 5.32 Å². The first-order valence-corrected chi connectivity index (χ1v) is 4.01. The van der Waals surface area contributed by atoms with Crippen LogP contribution in [0.1, 0.15) is 11.1 Å². The van der Waals surface area contributed by atoms with Crippen molar-refractivity contribution in [1.29, 1.82) is 0 Å². The third-order valence-electron chi connectivity index (χ3n) is 1.62. The first-order valence-electron chi connectivity index (χ1n) is 3.63. The Balaban J connectivity index is 0.00000121. The van der Waals surface area contributed by atoms with Crippen LogP contribution in [-0.2, 0) is 6.54 Å². The Labute approximate surface area is 84.5 Å². The van der Waals surface area contributed by atoms with Gasteiger partial charge in [-0.15, -0.1) is 12.4 Å². The Hall–Kier alpha value is -0.240. The molecule has 1 nitrogen and oxygen atoms in total. The molecule has 1 N–H and O–H groups in total. The van der Waals surface area contributed by atoms with Crippen LogP contribution in [-0.4, -0.2) is 7.05 Å². The van der Waals surface area contributed by atoms with Gasteiger partial charge in [0.15, 0.2) is 0 Å². The topological polar surface area (TPSA) is 12.0 Å². The number of nitrogens with one attached hydrogen (secondary N) is 1. The lowest BCUT2D eigenvalue weighted by Gasteiger charge is -2.02. The minimum absolute atomic E-state index is 0. The number of aryl methyl sites for hydroxylation is 1. The minimum atomic E-state index is 0. The maximum atomic E-state index is 5.92. The molecule has 1 aromatic carbocycles. The Morgan fingerprint density at radius 2 is 2.08 bits per heavy atom. The largest absolute Gasteiger partial charge is 0.316 e. The highest BCUT2D eigenvalue weighted by Crippen LogP contribution is 2.16. The molecule has 0 amide bonds. The highest BCUT2D eigenvalue weighted by atomic mass is 35.5. The van der Waals surface area contributed by atoms with Crippen molar-refractivity contribution < 1.29 is 0 Å². The molecule has 0 fully saturated rings. The lowest BCUT2D eigenvalue weighted by atomic mass is 10.1. The molecule has 0 atom stereocenters. The van der Waals surface area contributed by atoms with Crippen molar-refractivity contribution in [3.63, 3.8) is 0 Å². The van der Waals surface area contributed by atoms with Crippen LogP contribution in [0, 0.1) is 6.92 Å². The highest BCUT2D eigenvalue weighted by Gasteiger charge is 1.95. The van der Waals surface area contributed by atoms with E-state index in [2.05, 4.69) is 11.4 Å². The number of hydrogen-bond acceptors (Lipinski definition) is 1. The molecule has 12 heavy (non-hydrogen) atoms. The molecule has 0 aliphatic carbocycles. The van der Waals surface area contributed by atoms with E-state index in [1.54, 1.807) is 0 Å². The lowest BCUT2D eigenvalue weighted by Crippen LogP contribution is -2.04. The van der Waals surface area contributed by atoms with Crippen molar-refractivity contribution in [3.8, 4) is 0 Å². The summed E-state index contributed by atoms with van der Waals surface area (Å²) in [5.41, 5.74) is 2.36. The highest BCUT2D eigenvalue weighted by molar-refractivity contribution is 6.31. The SMILES string of the molecule is CNCc1ccc(C)c(Cl)c1.Cl. The molecule has 0 saturated heterocycles. The molecule has 0 saturated carbocycles. The Kier molecular flexibility index (Phi) is 5.31. The van der Waals surface area contributed by atoms with E-state index in [0.29, 0.717) is 0 Å². The smallest absolute Gasteiger partial charge is 0.0438 e. The van der Waals surface area contributed by atoms with Crippen LogP contribution in [0.5, 0.6) is 0 Å². The second-order valence-electron chi connectivity index (χ2n) is 2.61. The summed E-state index contributed by atoms with van der Waals surface area (Å²) in [6, 6.07) is 6.11. The van der Waals surface area contributed by atoms with E-state index in [4.69, 9.17) is 11.6 Å². The first kappa shape index (κ1) is 11.8. The number of hydrogen-bond donors (Lipinski definition) is 1. The average Bonchev–Trinajstić information content (AvgIpc) is 1.98. The standard InChI is InChI=1S/C9H12ClN.ClH/c1-7-3-4-8(6-11-2)5-9(7)10;/h3-5,11H,6H2,1-2H3;1H. The third-order valence-corrected chi connectivity index (χ3v) is 2.02. The molecule has 0 radical (unpaired) electrons. The van der Waals surface area contributed by atoms with Crippen molar-refractivity contribution in [1.82, 2.24) is 5.32 Å². The van der Waals surface area contributed by atoms with Crippen LogP contribution in [0.4, 0.5) is 0 Å². The lowest BCUT2D eigenvalue weighted by molar-refractivity contribution is 0.817. The van der Waals surface area contributed by atoms with E-state index < -0.39 is 0 Å². The summed E-state index contributed by atoms with van der Waals surface area (Å²) in [6.45, 7) is 2.88. The Morgan fingerprint density at radius 1 is 1.42 bits per heavy atom. The van der Waals surface area contributed by atoms with Crippen molar-refractivity contribution >= 4 is 24.0 Å². The van der Waals surface area contributed by atoms with Gasteiger partial charge in [-0.3, -0.25) is 0 Å². The van der Waals surface area contributed by atoms with Gasteiger partial charge in [-0.1, -0.05) is 23.7 Å². The second kappa shape index (κ2) is 5.41. The second-order valence-corrected chi connectivity index (χ2v) is 3.02. The fraction of sp³-hybridized carbons (Fsp3) is 0.333. The van der Waals surface area contributed by atoms with Crippen molar-refractivity contribution in [2.45, 2.75) is 13.5 Å². The number of benzene rings is 1. The van der Waals surface area contributed by atoms with Gasteiger partial charge in [0.2, 0.25) is 0 Å². The molecule has 0 heterocycles. The van der Waals surface area contributed by atoms with Gasteiger partial charge in [0.25, 0.3) is 0 Å². The summed E-state index contributed by atoms with van der Waals surface area (Å²) in [5, 5.41) is 3.92. The normalized spacial score (nSPS) is 9.25. The summed E-state index contributed by atoms with van der Waals surface area (Å²) < 4.78 is 0. The van der Waals surface area contributed by atoms with Gasteiger partial charge in [-0.05, 0) is 31.2 Å². The van der Waals surface area contributed by atoms with E-state index >= 15 is 0 Å². The molecule has 0 aromatic heterocycles. The van der Waals surface area contributed by atoms with E-state index in [1.807, 2.05) is 26.1 Å². The molecule has 0 bridgehead atoms. The summed E-state index contributed by atoms with van der Waals surface area (Å²) in [7, 11) is 1.92. The van der Waals surface area contributed by atoms with Crippen molar-refractivity contribution in [2.75, 3.05) is 7.05 Å². The third kappa shape index (κ3) is 3.02. The molecule has 0 unspecified atom stereocenters.